The summed E-state index contributed by atoms with van der Waals surface area (Å²) in [5, 5.41) is 0. The lowest BCUT2D eigenvalue weighted by Gasteiger charge is -2.36. The van der Waals surface area contributed by atoms with Gasteiger partial charge in [-0.15, -0.1) is 0 Å². The van der Waals surface area contributed by atoms with Crippen molar-refractivity contribution in [2.45, 2.75) is 77.3 Å². The van der Waals surface area contributed by atoms with Gasteiger partial charge >= 0.3 is 0 Å². The zero-order valence-corrected chi connectivity index (χ0v) is 11.3. The normalized spacial score (nSPS) is 21.0. The molecule has 1 atom stereocenters. The van der Waals surface area contributed by atoms with E-state index in [1.165, 1.54) is 51.5 Å². The fourth-order valence-electron chi connectivity index (χ4n) is 2.86. The van der Waals surface area contributed by atoms with Crippen molar-refractivity contribution in [2.75, 3.05) is 13.1 Å². The van der Waals surface area contributed by atoms with Gasteiger partial charge in [0.15, 0.2) is 0 Å². The minimum atomic E-state index is 0.731. The van der Waals surface area contributed by atoms with Gasteiger partial charge in [-0.3, -0.25) is 4.90 Å². The van der Waals surface area contributed by atoms with E-state index < -0.39 is 0 Å². The van der Waals surface area contributed by atoms with Crippen molar-refractivity contribution in [3.63, 3.8) is 0 Å². The molecular weight excluding hydrogens is 196 g/mol. The van der Waals surface area contributed by atoms with Crippen LogP contribution in [0.5, 0.6) is 0 Å². The average molecular weight is 226 g/mol. The zero-order valence-electron chi connectivity index (χ0n) is 11.3. The van der Waals surface area contributed by atoms with Crippen LogP contribution in [-0.4, -0.2) is 30.1 Å². The molecule has 96 valence electrons. The van der Waals surface area contributed by atoms with Crippen LogP contribution in [0.25, 0.3) is 0 Å². The fourth-order valence-corrected chi connectivity index (χ4v) is 2.86. The first-order valence-corrected chi connectivity index (χ1v) is 7.25. The second kappa shape index (κ2) is 8.08. The zero-order chi connectivity index (χ0) is 11.8. The molecule has 1 aliphatic rings. The summed E-state index contributed by atoms with van der Waals surface area (Å²) in [5.74, 6) is 0. The van der Waals surface area contributed by atoms with Crippen LogP contribution in [0.4, 0.5) is 0 Å². The maximum absolute atomic E-state index is 5.65. The molecule has 2 nitrogen and oxygen atoms in total. The van der Waals surface area contributed by atoms with Gasteiger partial charge in [-0.05, 0) is 45.7 Å². The van der Waals surface area contributed by atoms with E-state index in [-0.39, 0.29) is 0 Å². The molecule has 2 N–H and O–H groups in total. The lowest BCUT2D eigenvalue weighted by molar-refractivity contribution is 0.125. The van der Waals surface area contributed by atoms with Gasteiger partial charge in [0.1, 0.15) is 0 Å². The van der Waals surface area contributed by atoms with E-state index in [1.807, 2.05) is 0 Å². The molecule has 0 aromatic carbocycles. The Hall–Kier alpha value is -0.0800. The summed E-state index contributed by atoms with van der Waals surface area (Å²) in [6.07, 6.45) is 11.0. The van der Waals surface area contributed by atoms with Gasteiger partial charge < -0.3 is 5.73 Å². The van der Waals surface area contributed by atoms with Crippen LogP contribution < -0.4 is 5.73 Å². The second-order valence-electron chi connectivity index (χ2n) is 5.28. The Morgan fingerprint density at radius 1 is 1.19 bits per heavy atom. The number of nitrogens with zero attached hydrogens (tertiary/aromatic N) is 1. The molecule has 2 heteroatoms. The van der Waals surface area contributed by atoms with Crippen LogP contribution in [0.3, 0.4) is 0 Å². The van der Waals surface area contributed by atoms with Crippen molar-refractivity contribution in [3.05, 3.63) is 0 Å². The molecule has 0 saturated heterocycles. The number of nitrogens with two attached hydrogens (primary N) is 1. The molecular formula is C14H30N2. The van der Waals surface area contributed by atoms with Crippen LogP contribution in [0.2, 0.25) is 0 Å². The van der Waals surface area contributed by atoms with Crippen molar-refractivity contribution < 1.29 is 0 Å². The predicted octanol–water partition coefficient (Wildman–Crippen LogP) is 3.16. The standard InChI is InChI=1S/C14H30N2/c1-3-13(2)16(12-8-11-15)14-9-6-4-5-7-10-14/h13-14H,3-12,15H2,1-2H3. The van der Waals surface area contributed by atoms with Crippen LogP contribution in [0.15, 0.2) is 0 Å². The molecule has 0 aromatic rings. The van der Waals surface area contributed by atoms with E-state index in [1.54, 1.807) is 0 Å². The fraction of sp³-hybridized carbons (Fsp3) is 1.00. The van der Waals surface area contributed by atoms with Crippen LogP contribution in [-0.2, 0) is 0 Å². The molecule has 1 unspecified atom stereocenters. The van der Waals surface area contributed by atoms with Crippen molar-refractivity contribution in [1.29, 1.82) is 0 Å². The minimum absolute atomic E-state index is 0.731. The van der Waals surface area contributed by atoms with Crippen molar-refractivity contribution >= 4 is 0 Å². The topological polar surface area (TPSA) is 29.3 Å². The van der Waals surface area contributed by atoms with Crippen LogP contribution >= 0.6 is 0 Å². The quantitative estimate of drug-likeness (QED) is 0.705. The predicted molar refractivity (Wildman–Crippen MR) is 71.6 cm³/mol. The maximum atomic E-state index is 5.65. The molecule has 1 saturated carbocycles. The first kappa shape index (κ1) is 14.0. The van der Waals surface area contributed by atoms with Gasteiger partial charge in [-0.25, -0.2) is 0 Å². The van der Waals surface area contributed by atoms with Crippen molar-refractivity contribution in [3.8, 4) is 0 Å². The molecule has 0 radical (unpaired) electrons. The highest BCUT2D eigenvalue weighted by Crippen LogP contribution is 2.24. The summed E-state index contributed by atoms with van der Waals surface area (Å²) >= 11 is 0. The van der Waals surface area contributed by atoms with E-state index in [4.69, 9.17) is 5.73 Å². The van der Waals surface area contributed by atoms with Crippen molar-refractivity contribution in [1.82, 2.24) is 4.90 Å². The molecule has 16 heavy (non-hydrogen) atoms. The molecule has 1 aliphatic carbocycles. The van der Waals surface area contributed by atoms with Gasteiger partial charge in [-0.1, -0.05) is 32.6 Å². The first-order chi connectivity index (χ1) is 7.79. The minimum Gasteiger partial charge on any atom is -0.330 e. The Labute approximate surface area is 102 Å². The van der Waals surface area contributed by atoms with Crippen LogP contribution in [0.1, 0.15) is 65.2 Å². The highest BCUT2D eigenvalue weighted by Gasteiger charge is 2.22. The van der Waals surface area contributed by atoms with Gasteiger partial charge in [0.25, 0.3) is 0 Å². The summed E-state index contributed by atoms with van der Waals surface area (Å²) < 4.78 is 0. The molecule has 1 fully saturated rings. The highest BCUT2D eigenvalue weighted by molar-refractivity contribution is 4.78. The van der Waals surface area contributed by atoms with Gasteiger partial charge in [0.2, 0.25) is 0 Å². The first-order valence-electron chi connectivity index (χ1n) is 7.25. The third kappa shape index (κ3) is 4.42. The highest BCUT2D eigenvalue weighted by atomic mass is 15.2. The van der Waals surface area contributed by atoms with E-state index >= 15 is 0 Å². The third-order valence-electron chi connectivity index (χ3n) is 4.07. The number of hydrogen-bond acceptors (Lipinski definition) is 2. The summed E-state index contributed by atoms with van der Waals surface area (Å²) in [6.45, 7) is 6.72. The molecule has 0 amide bonds. The lowest BCUT2D eigenvalue weighted by atomic mass is 10.0. The molecule has 0 spiro atoms. The van der Waals surface area contributed by atoms with Crippen molar-refractivity contribution in [2.24, 2.45) is 5.73 Å². The Balaban J connectivity index is 2.50. The van der Waals surface area contributed by atoms with E-state index in [9.17, 15) is 0 Å². The van der Waals surface area contributed by atoms with E-state index in [2.05, 4.69) is 18.7 Å². The van der Waals surface area contributed by atoms with Crippen LogP contribution in [0, 0.1) is 0 Å². The third-order valence-corrected chi connectivity index (χ3v) is 4.07. The summed E-state index contributed by atoms with van der Waals surface area (Å²) in [5.41, 5.74) is 5.65. The Kier molecular flexibility index (Phi) is 7.06. The largest absolute Gasteiger partial charge is 0.330 e. The Morgan fingerprint density at radius 2 is 1.81 bits per heavy atom. The van der Waals surface area contributed by atoms with E-state index in [0.717, 1.165) is 25.0 Å². The Morgan fingerprint density at radius 3 is 2.31 bits per heavy atom. The molecule has 0 heterocycles. The number of hydrogen-bond donors (Lipinski definition) is 1. The average Bonchev–Trinajstić information content (AvgIpc) is 2.58. The molecule has 1 rings (SSSR count). The SMILES string of the molecule is CCC(C)N(CCCN)C1CCCCCC1. The monoisotopic (exact) mass is 226 g/mol. The Bertz CT molecular complexity index is 162. The molecule has 0 aliphatic heterocycles. The number of rotatable bonds is 6. The second-order valence-corrected chi connectivity index (χ2v) is 5.28. The maximum Gasteiger partial charge on any atom is 0.00980 e. The summed E-state index contributed by atoms with van der Waals surface area (Å²) in [7, 11) is 0. The van der Waals surface area contributed by atoms with Gasteiger partial charge in [-0.2, -0.15) is 0 Å². The summed E-state index contributed by atoms with van der Waals surface area (Å²) in [4.78, 5) is 2.73. The van der Waals surface area contributed by atoms with E-state index in [0.29, 0.717) is 0 Å². The molecule has 0 bridgehead atoms. The van der Waals surface area contributed by atoms with Gasteiger partial charge in [0, 0.05) is 12.1 Å². The summed E-state index contributed by atoms with van der Waals surface area (Å²) in [6, 6.07) is 1.57. The lowest BCUT2D eigenvalue weighted by Crippen LogP contribution is -2.42. The molecule has 0 aromatic heterocycles. The smallest absolute Gasteiger partial charge is 0.00980 e. The van der Waals surface area contributed by atoms with Gasteiger partial charge in [0.05, 0.1) is 0 Å².